The normalized spacial score (nSPS) is 17.3. The van der Waals surface area contributed by atoms with Crippen LogP contribution in [0.2, 0.25) is 0 Å². The molecular weight excluding hydrogens is 602 g/mol. The highest BCUT2D eigenvalue weighted by Gasteiger charge is 2.37. The summed E-state index contributed by atoms with van der Waals surface area (Å²) >= 11 is 0. The average molecular weight is 640 g/mol. The van der Waals surface area contributed by atoms with Crippen LogP contribution in [0.3, 0.4) is 0 Å². The van der Waals surface area contributed by atoms with Crippen LogP contribution in [0.25, 0.3) is 5.69 Å². The maximum Gasteiger partial charge on any atom is 0.407 e. The van der Waals surface area contributed by atoms with Crippen molar-refractivity contribution in [3.63, 3.8) is 0 Å². The van der Waals surface area contributed by atoms with Crippen LogP contribution in [0.1, 0.15) is 42.6 Å². The monoisotopic (exact) mass is 639 g/mol. The second-order valence-corrected chi connectivity index (χ2v) is 11.6. The molecule has 1 aromatic heterocycles. The van der Waals surface area contributed by atoms with Crippen molar-refractivity contribution in [3.05, 3.63) is 42.1 Å². The van der Waals surface area contributed by atoms with Crippen LogP contribution in [0.4, 0.5) is 4.79 Å². The minimum atomic E-state index is -1.20. The number of nitrogens with one attached hydrogen (secondary N) is 2. The highest BCUT2D eigenvalue weighted by Crippen LogP contribution is 2.23. The largest absolute Gasteiger partial charge is 0.481 e. The molecule has 5 amide bonds. The van der Waals surface area contributed by atoms with Gasteiger partial charge in [-0.3, -0.25) is 24.0 Å². The van der Waals surface area contributed by atoms with E-state index >= 15 is 0 Å². The van der Waals surface area contributed by atoms with Crippen molar-refractivity contribution in [2.45, 2.75) is 44.2 Å². The lowest BCUT2D eigenvalue weighted by Crippen LogP contribution is -2.58. The van der Waals surface area contributed by atoms with Crippen LogP contribution < -0.4 is 15.4 Å². The first-order valence-electron chi connectivity index (χ1n) is 15.2. The third-order valence-electron chi connectivity index (χ3n) is 8.42. The molecule has 3 fully saturated rings. The van der Waals surface area contributed by atoms with Crippen molar-refractivity contribution < 1.29 is 43.7 Å². The van der Waals surface area contributed by atoms with E-state index < -0.39 is 29.9 Å². The lowest BCUT2D eigenvalue weighted by atomic mass is 9.91. The Morgan fingerprint density at radius 2 is 1.61 bits per heavy atom. The maximum atomic E-state index is 13.4. The van der Waals surface area contributed by atoms with E-state index in [1.807, 2.05) is 0 Å². The Bertz CT molecular complexity index is 1460. The number of rotatable bonds is 12. The number of benzene rings is 1. The fraction of sp³-hybridized carbons (Fsp3) is 0.500. The summed E-state index contributed by atoms with van der Waals surface area (Å²) < 4.78 is 7.15. The summed E-state index contributed by atoms with van der Waals surface area (Å²) in [5, 5.41) is 28.4. The summed E-state index contributed by atoms with van der Waals surface area (Å²) in [5.74, 6) is -2.99. The number of hydrogen-bond acceptors (Lipinski definition) is 8. The van der Waals surface area contributed by atoms with E-state index in [0.29, 0.717) is 18.8 Å². The first-order chi connectivity index (χ1) is 22.1. The van der Waals surface area contributed by atoms with Gasteiger partial charge in [-0.05, 0) is 37.8 Å². The smallest absolute Gasteiger partial charge is 0.407 e. The molecule has 2 aliphatic heterocycles. The Morgan fingerprint density at radius 1 is 0.935 bits per heavy atom. The molecule has 2 saturated heterocycles. The molecule has 1 aliphatic carbocycles. The number of ether oxygens (including phenoxy) is 1. The molecule has 5 rings (SSSR count). The van der Waals surface area contributed by atoms with Gasteiger partial charge in [-0.1, -0.05) is 18.2 Å². The minimum Gasteiger partial charge on any atom is -0.481 e. The van der Waals surface area contributed by atoms with Crippen LogP contribution in [-0.4, -0.2) is 128 Å². The van der Waals surface area contributed by atoms with Crippen molar-refractivity contribution in [2.24, 2.45) is 5.92 Å². The molecule has 246 valence electrons. The summed E-state index contributed by atoms with van der Waals surface area (Å²) in [7, 11) is 0. The topological polar surface area (TPSA) is 204 Å². The number of carbonyl (C=O) groups excluding carboxylic acids is 4. The van der Waals surface area contributed by atoms with Crippen molar-refractivity contribution in [2.75, 3.05) is 45.9 Å². The molecular formula is C30H37N7O9. The Kier molecular flexibility index (Phi) is 10.0. The molecule has 0 radical (unpaired) electrons. The second kappa shape index (κ2) is 14.3. The number of nitrogens with zero attached hydrogens (tertiary/aromatic N) is 5. The third kappa shape index (κ3) is 7.73. The van der Waals surface area contributed by atoms with Gasteiger partial charge in [0.25, 0.3) is 11.8 Å². The van der Waals surface area contributed by atoms with E-state index in [0.717, 1.165) is 19.3 Å². The zero-order valence-electron chi connectivity index (χ0n) is 25.2. The summed E-state index contributed by atoms with van der Waals surface area (Å²) in [4.78, 5) is 78.5. The number of amides is 5. The van der Waals surface area contributed by atoms with Gasteiger partial charge in [0.15, 0.2) is 12.3 Å². The van der Waals surface area contributed by atoms with Crippen LogP contribution >= 0.6 is 0 Å². The zero-order valence-corrected chi connectivity index (χ0v) is 25.2. The molecule has 0 unspecified atom stereocenters. The number of likely N-dealkylation sites (tertiary alicyclic amines) is 1. The molecule has 0 bridgehead atoms. The number of carboxylic acids is 1. The first kappa shape index (κ1) is 32.2. The number of aliphatic carboxylic acids is 1. The SMILES string of the molecule is O=C(O)CC[C@H](NC(=O)c1cc(OCC(=O)N2CC(C(=O)NC3CCC3)C2)n(-c2ccccc2)n1)C(=O)N1CCN(C(=O)O)CC1. The maximum absolute atomic E-state index is 13.4. The Labute approximate surface area is 264 Å². The van der Waals surface area contributed by atoms with E-state index in [-0.39, 0.29) is 81.0 Å². The fourth-order valence-electron chi connectivity index (χ4n) is 5.37. The molecule has 3 aliphatic rings. The van der Waals surface area contributed by atoms with Crippen LogP contribution in [-0.2, 0) is 19.2 Å². The lowest BCUT2D eigenvalue weighted by molar-refractivity contribution is -0.145. The highest BCUT2D eigenvalue weighted by molar-refractivity contribution is 5.96. The van der Waals surface area contributed by atoms with Gasteiger partial charge in [0.05, 0.1) is 11.6 Å². The summed E-state index contributed by atoms with van der Waals surface area (Å²) in [6, 6.07) is 9.10. The molecule has 16 heteroatoms. The van der Waals surface area contributed by atoms with Gasteiger partial charge in [-0.15, -0.1) is 0 Å². The van der Waals surface area contributed by atoms with Gasteiger partial charge in [-0.2, -0.15) is 5.10 Å². The van der Waals surface area contributed by atoms with E-state index in [1.165, 1.54) is 25.4 Å². The predicted octanol–water partition coefficient (Wildman–Crippen LogP) is 0.164. The highest BCUT2D eigenvalue weighted by atomic mass is 16.5. The quantitative estimate of drug-likeness (QED) is 0.248. The second-order valence-electron chi connectivity index (χ2n) is 11.6. The average Bonchev–Trinajstić information content (AvgIpc) is 3.44. The first-order valence-corrected chi connectivity index (χ1v) is 15.2. The van der Waals surface area contributed by atoms with E-state index in [2.05, 4.69) is 15.7 Å². The summed E-state index contributed by atoms with van der Waals surface area (Å²) in [6.07, 6.45) is 1.39. The minimum absolute atomic E-state index is 0.0462. The van der Waals surface area contributed by atoms with Gasteiger partial charge in [0, 0.05) is 57.8 Å². The van der Waals surface area contributed by atoms with Crippen molar-refractivity contribution in [1.82, 2.24) is 35.1 Å². The predicted molar refractivity (Wildman–Crippen MR) is 159 cm³/mol. The molecule has 1 aromatic carbocycles. The van der Waals surface area contributed by atoms with E-state index in [1.54, 1.807) is 30.3 Å². The zero-order chi connectivity index (χ0) is 32.8. The molecule has 2 aromatic rings. The Morgan fingerprint density at radius 3 is 2.22 bits per heavy atom. The third-order valence-corrected chi connectivity index (χ3v) is 8.42. The summed E-state index contributed by atoms with van der Waals surface area (Å²) in [6.45, 7) is 0.608. The lowest BCUT2D eigenvalue weighted by Gasteiger charge is -2.39. The fourth-order valence-corrected chi connectivity index (χ4v) is 5.37. The number of piperazine rings is 1. The van der Waals surface area contributed by atoms with Crippen molar-refractivity contribution in [1.29, 1.82) is 0 Å². The summed E-state index contributed by atoms with van der Waals surface area (Å²) in [5.41, 5.74) is 0.405. The van der Waals surface area contributed by atoms with Crippen LogP contribution in [0, 0.1) is 5.92 Å². The number of aromatic nitrogens is 2. The van der Waals surface area contributed by atoms with Gasteiger partial charge in [0.1, 0.15) is 6.04 Å². The number of hydrogen-bond donors (Lipinski definition) is 4. The number of para-hydroxylation sites is 1. The van der Waals surface area contributed by atoms with Gasteiger partial charge >= 0.3 is 12.1 Å². The standard InChI is InChI=1S/C30H37N7O9/c38-24(36-16-19(17-36)27(41)31-20-5-4-6-20)18-46-25-15-23(33-37(25)21-7-2-1-3-8-21)28(42)32-22(9-10-26(39)40)29(43)34-11-13-35(14-12-34)30(44)45/h1-3,7-8,15,19-20,22H,4-6,9-14,16-18H2,(H,31,41)(H,32,42)(H,39,40)(H,44,45)/t22-/m0/s1. The number of carboxylic acid groups (broad SMARTS) is 2. The number of carbonyl (C=O) groups is 6. The van der Waals surface area contributed by atoms with Gasteiger partial charge < -0.3 is 40.3 Å². The molecule has 0 spiro atoms. The van der Waals surface area contributed by atoms with E-state index in [4.69, 9.17) is 4.74 Å². The van der Waals surface area contributed by atoms with Gasteiger partial charge in [-0.25, -0.2) is 9.48 Å². The van der Waals surface area contributed by atoms with Crippen LogP contribution in [0.5, 0.6) is 5.88 Å². The van der Waals surface area contributed by atoms with Gasteiger partial charge in [0.2, 0.25) is 17.7 Å². The molecule has 4 N–H and O–H groups in total. The molecule has 46 heavy (non-hydrogen) atoms. The van der Waals surface area contributed by atoms with Crippen molar-refractivity contribution >= 4 is 35.7 Å². The van der Waals surface area contributed by atoms with Crippen molar-refractivity contribution in [3.8, 4) is 11.6 Å². The molecule has 1 saturated carbocycles. The molecule has 1 atom stereocenters. The van der Waals surface area contributed by atoms with Crippen LogP contribution in [0.15, 0.2) is 36.4 Å². The van der Waals surface area contributed by atoms with E-state index in [9.17, 15) is 39.0 Å². The Balaban J connectivity index is 1.24. The molecule has 3 heterocycles. The molecule has 16 nitrogen and oxygen atoms in total. The Hall–Kier alpha value is -5.15.